The van der Waals surface area contributed by atoms with Crippen LogP contribution < -0.4 is 0 Å². The maximum Gasteiger partial charge on any atom is 0.326 e. The minimum Gasteiger partial charge on any atom is -0.480 e. The average Bonchev–Trinajstić information content (AvgIpc) is 2.90. The van der Waals surface area contributed by atoms with E-state index in [4.69, 9.17) is 9.63 Å². The fourth-order valence-electron chi connectivity index (χ4n) is 2.33. The molecule has 1 saturated heterocycles. The summed E-state index contributed by atoms with van der Waals surface area (Å²) >= 11 is 0. The van der Waals surface area contributed by atoms with Gasteiger partial charge in [0.15, 0.2) is 0 Å². The van der Waals surface area contributed by atoms with Gasteiger partial charge >= 0.3 is 5.97 Å². The Balaban J connectivity index is 2.11. The van der Waals surface area contributed by atoms with Gasteiger partial charge in [0.25, 0.3) is 0 Å². The largest absolute Gasteiger partial charge is 0.480 e. The third-order valence-corrected chi connectivity index (χ3v) is 3.37. The standard InChI is InChI=1S/C12H16N2O4/c1-7-9(8(2)18-13-7)6-11(15)14-5-3-4-10(14)12(16)17/h10H,3-6H2,1-2H3,(H,16,17)/t10-/m0/s1. The van der Waals surface area contributed by atoms with Crippen LogP contribution in [0.5, 0.6) is 0 Å². The van der Waals surface area contributed by atoms with Crippen molar-refractivity contribution in [2.45, 2.75) is 39.2 Å². The number of aliphatic carboxylic acids is 1. The summed E-state index contributed by atoms with van der Waals surface area (Å²) in [7, 11) is 0. The van der Waals surface area contributed by atoms with Crippen molar-refractivity contribution in [3.05, 3.63) is 17.0 Å². The number of nitrogens with zero attached hydrogens (tertiary/aromatic N) is 2. The molecule has 0 unspecified atom stereocenters. The molecule has 0 saturated carbocycles. The van der Waals surface area contributed by atoms with Gasteiger partial charge in [0, 0.05) is 12.1 Å². The van der Waals surface area contributed by atoms with Gasteiger partial charge in [0.2, 0.25) is 5.91 Å². The molecule has 0 bridgehead atoms. The second kappa shape index (κ2) is 4.80. The first-order chi connectivity index (χ1) is 8.50. The molecule has 1 N–H and O–H groups in total. The molecule has 0 aromatic carbocycles. The summed E-state index contributed by atoms with van der Waals surface area (Å²) in [6, 6.07) is -0.682. The van der Waals surface area contributed by atoms with E-state index in [1.165, 1.54) is 4.90 Å². The van der Waals surface area contributed by atoms with Crippen molar-refractivity contribution in [1.82, 2.24) is 10.1 Å². The van der Waals surface area contributed by atoms with Gasteiger partial charge in [0.05, 0.1) is 12.1 Å². The molecule has 0 aliphatic carbocycles. The Hall–Kier alpha value is -1.85. The molecule has 98 valence electrons. The van der Waals surface area contributed by atoms with Crippen LogP contribution in [-0.2, 0) is 16.0 Å². The molecule has 6 nitrogen and oxygen atoms in total. The summed E-state index contributed by atoms with van der Waals surface area (Å²) in [5, 5.41) is 12.8. The van der Waals surface area contributed by atoms with E-state index in [0.717, 1.165) is 12.0 Å². The monoisotopic (exact) mass is 252 g/mol. The SMILES string of the molecule is Cc1noc(C)c1CC(=O)N1CCC[C@H]1C(=O)O. The Morgan fingerprint density at radius 1 is 1.50 bits per heavy atom. The molecule has 1 aliphatic rings. The number of carboxylic acids is 1. The van der Waals surface area contributed by atoms with E-state index in [1.807, 2.05) is 0 Å². The average molecular weight is 252 g/mol. The van der Waals surface area contributed by atoms with Gasteiger partial charge in [-0.3, -0.25) is 4.79 Å². The first-order valence-electron chi connectivity index (χ1n) is 5.94. The lowest BCUT2D eigenvalue weighted by molar-refractivity contribution is -0.148. The number of carbonyl (C=O) groups excluding carboxylic acids is 1. The molecule has 1 aromatic rings. The Morgan fingerprint density at radius 3 is 2.78 bits per heavy atom. The highest BCUT2D eigenvalue weighted by Crippen LogP contribution is 2.20. The molecular formula is C12H16N2O4. The molecule has 1 amide bonds. The lowest BCUT2D eigenvalue weighted by Gasteiger charge is -2.21. The number of hydrogen-bond acceptors (Lipinski definition) is 4. The topological polar surface area (TPSA) is 83.6 Å². The number of hydrogen-bond donors (Lipinski definition) is 1. The normalized spacial score (nSPS) is 19.2. The van der Waals surface area contributed by atoms with Crippen molar-refractivity contribution in [2.75, 3.05) is 6.54 Å². The third-order valence-electron chi connectivity index (χ3n) is 3.37. The van der Waals surface area contributed by atoms with E-state index in [0.29, 0.717) is 24.4 Å². The zero-order valence-electron chi connectivity index (χ0n) is 10.5. The summed E-state index contributed by atoms with van der Waals surface area (Å²) in [6.07, 6.45) is 1.43. The predicted octanol–water partition coefficient (Wildman–Crippen LogP) is 0.910. The van der Waals surface area contributed by atoms with Crippen molar-refractivity contribution >= 4 is 11.9 Å². The molecule has 1 aliphatic heterocycles. The van der Waals surface area contributed by atoms with Crippen LogP contribution in [0.1, 0.15) is 29.9 Å². The van der Waals surface area contributed by atoms with Gasteiger partial charge in [-0.15, -0.1) is 0 Å². The first kappa shape index (κ1) is 12.6. The van der Waals surface area contributed by atoms with Crippen molar-refractivity contribution in [3.8, 4) is 0 Å². The first-order valence-corrected chi connectivity index (χ1v) is 5.94. The minimum atomic E-state index is -0.931. The molecule has 1 atom stereocenters. The highest BCUT2D eigenvalue weighted by molar-refractivity contribution is 5.85. The molecule has 6 heteroatoms. The van der Waals surface area contributed by atoms with Crippen LogP contribution in [0.3, 0.4) is 0 Å². The van der Waals surface area contributed by atoms with E-state index < -0.39 is 12.0 Å². The second-order valence-electron chi connectivity index (χ2n) is 4.56. The fraction of sp³-hybridized carbons (Fsp3) is 0.583. The number of likely N-dealkylation sites (tertiary alicyclic amines) is 1. The summed E-state index contributed by atoms with van der Waals surface area (Å²) in [5.74, 6) is -0.485. The van der Waals surface area contributed by atoms with Crippen molar-refractivity contribution in [2.24, 2.45) is 0 Å². The van der Waals surface area contributed by atoms with E-state index in [9.17, 15) is 9.59 Å². The maximum atomic E-state index is 12.1. The molecule has 2 rings (SSSR count). The summed E-state index contributed by atoms with van der Waals surface area (Å²) in [6.45, 7) is 4.04. The molecule has 18 heavy (non-hydrogen) atoms. The zero-order chi connectivity index (χ0) is 13.3. The Bertz CT molecular complexity index is 461. The Kier molecular flexibility index (Phi) is 3.36. The summed E-state index contributed by atoms with van der Waals surface area (Å²) in [4.78, 5) is 24.6. The van der Waals surface area contributed by atoms with Gasteiger partial charge in [-0.25, -0.2) is 4.79 Å². The van der Waals surface area contributed by atoms with E-state index >= 15 is 0 Å². The maximum absolute atomic E-state index is 12.1. The van der Waals surface area contributed by atoms with Gasteiger partial charge in [-0.2, -0.15) is 0 Å². The molecular weight excluding hydrogens is 236 g/mol. The predicted molar refractivity (Wildman–Crippen MR) is 62.1 cm³/mol. The van der Waals surface area contributed by atoms with Crippen LogP contribution in [0.25, 0.3) is 0 Å². The number of rotatable bonds is 3. The van der Waals surface area contributed by atoms with E-state index in [-0.39, 0.29) is 12.3 Å². The molecule has 1 fully saturated rings. The highest BCUT2D eigenvalue weighted by Gasteiger charge is 2.34. The minimum absolute atomic E-state index is 0.158. The molecule has 1 aromatic heterocycles. The zero-order valence-corrected chi connectivity index (χ0v) is 10.5. The van der Waals surface area contributed by atoms with Crippen LogP contribution in [0.4, 0.5) is 0 Å². The number of aryl methyl sites for hydroxylation is 2. The summed E-state index contributed by atoms with van der Waals surface area (Å²) in [5.41, 5.74) is 1.45. The Morgan fingerprint density at radius 2 is 2.22 bits per heavy atom. The van der Waals surface area contributed by atoms with Crippen LogP contribution in [0, 0.1) is 13.8 Å². The van der Waals surface area contributed by atoms with Crippen molar-refractivity contribution in [3.63, 3.8) is 0 Å². The van der Waals surface area contributed by atoms with Crippen molar-refractivity contribution < 1.29 is 19.2 Å². The lowest BCUT2D eigenvalue weighted by Crippen LogP contribution is -2.41. The van der Waals surface area contributed by atoms with Gasteiger partial charge < -0.3 is 14.5 Å². The fourth-order valence-corrected chi connectivity index (χ4v) is 2.33. The van der Waals surface area contributed by atoms with Crippen LogP contribution in [0.2, 0.25) is 0 Å². The van der Waals surface area contributed by atoms with Gasteiger partial charge in [-0.1, -0.05) is 5.16 Å². The number of amides is 1. The van der Waals surface area contributed by atoms with Gasteiger partial charge in [0.1, 0.15) is 11.8 Å². The number of carboxylic acid groups (broad SMARTS) is 1. The number of carbonyl (C=O) groups is 2. The Labute approximate surface area is 105 Å². The third kappa shape index (κ3) is 2.23. The summed E-state index contributed by atoms with van der Waals surface area (Å²) < 4.78 is 5.00. The van der Waals surface area contributed by atoms with Crippen LogP contribution in [-0.4, -0.2) is 39.6 Å². The quantitative estimate of drug-likeness (QED) is 0.864. The lowest BCUT2D eigenvalue weighted by atomic mass is 10.1. The van der Waals surface area contributed by atoms with Crippen LogP contribution in [0.15, 0.2) is 4.52 Å². The van der Waals surface area contributed by atoms with Gasteiger partial charge in [-0.05, 0) is 26.7 Å². The molecule has 2 heterocycles. The number of aromatic nitrogens is 1. The van der Waals surface area contributed by atoms with E-state index in [1.54, 1.807) is 13.8 Å². The van der Waals surface area contributed by atoms with E-state index in [2.05, 4.69) is 5.16 Å². The smallest absolute Gasteiger partial charge is 0.326 e. The van der Waals surface area contributed by atoms with Crippen molar-refractivity contribution in [1.29, 1.82) is 0 Å². The molecule has 0 spiro atoms. The highest BCUT2D eigenvalue weighted by atomic mass is 16.5. The molecule has 0 radical (unpaired) electrons. The van der Waals surface area contributed by atoms with Crippen LogP contribution >= 0.6 is 0 Å². The second-order valence-corrected chi connectivity index (χ2v) is 4.56.